The largest absolute Gasteiger partial charge is 0.493 e. The van der Waals surface area contributed by atoms with Crippen LogP contribution in [0.5, 0.6) is 11.5 Å². The molecular formula is C18H18N2O3S2. The number of benzene rings is 1. The molecule has 1 atom stereocenters. The molecule has 7 heteroatoms. The summed E-state index contributed by atoms with van der Waals surface area (Å²) < 4.78 is 10.6. The lowest BCUT2D eigenvalue weighted by Crippen LogP contribution is -2.32. The number of rotatable bonds is 6. The highest BCUT2D eigenvalue weighted by molar-refractivity contribution is 7.10. The zero-order chi connectivity index (χ0) is 17.6. The highest BCUT2D eigenvalue weighted by Gasteiger charge is 2.19. The Morgan fingerprint density at radius 2 is 1.96 bits per heavy atom. The quantitative estimate of drug-likeness (QED) is 0.655. The maximum Gasteiger partial charge on any atom is 0.320 e. The van der Waals surface area contributed by atoms with E-state index in [1.807, 2.05) is 34.3 Å². The zero-order valence-corrected chi connectivity index (χ0v) is 15.4. The van der Waals surface area contributed by atoms with Gasteiger partial charge in [-0.3, -0.25) is 0 Å². The predicted octanol–water partition coefficient (Wildman–Crippen LogP) is 4.74. The fourth-order valence-electron chi connectivity index (χ4n) is 2.49. The second-order valence-electron chi connectivity index (χ2n) is 5.14. The number of thiophene rings is 2. The lowest BCUT2D eigenvalue weighted by Gasteiger charge is -2.18. The third-order valence-corrected chi connectivity index (χ3v) is 5.27. The molecule has 130 valence electrons. The van der Waals surface area contributed by atoms with Gasteiger partial charge in [0, 0.05) is 4.88 Å². The maximum atomic E-state index is 12.6. The second-order valence-corrected chi connectivity index (χ2v) is 6.90. The second kappa shape index (κ2) is 8.04. The Labute approximate surface area is 154 Å². The number of nitrogens with one attached hydrogen (secondary N) is 2. The van der Waals surface area contributed by atoms with Gasteiger partial charge in [0.05, 0.1) is 25.9 Å². The number of amides is 2. The van der Waals surface area contributed by atoms with Gasteiger partial charge >= 0.3 is 6.03 Å². The first kappa shape index (κ1) is 17.3. The molecule has 2 heterocycles. The molecule has 0 unspecified atom stereocenters. The molecule has 0 aliphatic carbocycles. The third kappa shape index (κ3) is 3.94. The highest BCUT2D eigenvalue weighted by Crippen LogP contribution is 2.35. The molecular weight excluding hydrogens is 356 g/mol. The molecule has 2 amide bonds. The molecule has 3 rings (SSSR count). The number of carbonyl (C=O) groups is 1. The van der Waals surface area contributed by atoms with E-state index in [1.54, 1.807) is 55.1 Å². The molecule has 0 fully saturated rings. The third-order valence-electron chi connectivity index (χ3n) is 3.63. The Hall–Kier alpha value is -2.51. The van der Waals surface area contributed by atoms with Crippen LogP contribution in [0.2, 0.25) is 0 Å². The van der Waals surface area contributed by atoms with E-state index in [4.69, 9.17) is 9.47 Å². The monoisotopic (exact) mass is 374 g/mol. The molecule has 0 bridgehead atoms. The number of para-hydroxylation sites is 1. The normalized spacial score (nSPS) is 11.6. The molecule has 3 aromatic rings. The predicted molar refractivity (Wildman–Crippen MR) is 102 cm³/mol. The van der Waals surface area contributed by atoms with E-state index in [0.717, 1.165) is 10.4 Å². The first-order valence-electron chi connectivity index (χ1n) is 7.57. The van der Waals surface area contributed by atoms with Crippen molar-refractivity contribution in [3.8, 4) is 11.5 Å². The Kier molecular flexibility index (Phi) is 5.57. The van der Waals surface area contributed by atoms with Crippen LogP contribution in [0.15, 0.2) is 52.5 Å². The minimum Gasteiger partial charge on any atom is -0.493 e. The SMILES string of the molecule is COc1cccc(NC(=O)N[C@H](c2ccsc2)c2cccs2)c1OC. The van der Waals surface area contributed by atoms with Gasteiger partial charge in [0.1, 0.15) is 0 Å². The first-order chi connectivity index (χ1) is 12.2. The van der Waals surface area contributed by atoms with Gasteiger partial charge in [-0.25, -0.2) is 4.79 Å². The lowest BCUT2D eigenvalue weighted by molar-refractivity contribution is 0.250. The van der Waals surface area contributed by atoms with Crippen LogP contribution in [0.3, 0.4) is 0 Å². The molecule has 0 saturated carbocycles. The van der Waals surface area contributed by atoms with Crippen LogP contribution in [0.1, 0.15) is 16.5 Å². The van der Waals surface area contributed by atoms with E-state index in [2.05, 4.69) is 10.6 Å². The van der Waals surface area contributed by atoms with Crippen molar-refractivity contribution in [2.45, 2.75) is 6.04 Å². The van der Waals surface area contributed by atoms with Crippen molar-refractivity contribution in [2.75, 3.05) is 19.5 Å². The molecule has 0 radical (unpaired) electrons. The average Bonchev–Trinajstić information content (AvgIpc) is 3.33. The van der Waals surface area contributed by atoms with Gasteiger partial charge in [-0.05, 0) is 46.0 Å². The van der Waals surface area contributed by atoms with E-state index < -0.39 is 0 Å². The molecule has 0 spiro atoms. The van der Waals surface area contributed by atoms with Crippen molar-refractivity contribution in [1.29, 1.82) is 0 Å². The summed E-state index contributed by atoms with van der Waals surface area (Å²) in [5.74, 6) is 1.05. The van der Waals surface area contributed by atoms with E-state index in [9.17, 15) is 4.79 Å². The van der Waals surface area contributed by atoms with E-state index in [0.29, 0.717) is 17.2 Å². The number of anilines is 1. The van der Waals surface area contributed by atoms with Crippen LogP contribution >= 0.6 is 22.7 Å². The number of hydrogen-bond donors (Lipinski definition) is 2. The average molecular weight is 374 g/mol. The van der Waals surface area contributed by atoms with Crippen molar-refractivity contribution in [3.05, 3.63) is 63.0 Å². The molecule has 0 aliphatic rings. The van der Waals surface area contributed by atoms with E-state index >= 15 is 0 Å². The van der Waals surface area contributed by atoms with Crippen molar-refractivity contribution in [1.82, 2.24) is 5.32 Å². The van der Waals surface area contributed by atoms with Crippen molar-refractivity contribution < 1.29 is 14.3 Å². The molecule has 2 N–H and O–H groups in total. The van der Waals surface area contributed by atoms with Crippen LogP contribution in [0, 0.1) is 0 Å². The Morgan fingerprint density at radius 1 is 1.08 bits per heavy atom. The maximum absolute atomic E-state index is 12.6. The lowest BCUT2D eigenvalue weighted by atomic mass is 10.1. The molecule has 5 nitrogen and oxygen atoms in total. The van der Waals surface area contributed by atoms with Crippen LogP contribution in [-0.4, -0.2) is 20.3 Å². The Balaban J connectivity index is 1.79. The summed E-state index contributed by atoms with van der Waals surface area (Å²) in [6, 6.07) is 10.9. The number of methoxy groups -OCH3 is 2. The summed E-state index contributed by atoms with van der Waals surface area (Å²) in [6.07, 6.45) is 0. The summed E-state index contributed by atoms with van der Waals surface area (Å²) in [5.41, 5.74) is 1.61. The smallest absolute Gasteiger partial charge is 0.320 e. The van der Waals surface area contributed by atoms with E-state index in [1.165, 1.54) is 0 Å². The van der Waals surface area contributed by atoms with Crippen LogP contribution in [-0.2, 0) is 0 Å². The first-order valence-corrected chi connectivity index (χ1v) is 9.39. The molecule has 0 saturated heterocycles. The van der Waals surface area contributed by atoms with Crippen LogP contribution in [0.4, 0.5) is 10.5 Å². The molecule has 25 heavy (non-hydrogen) atoms. The van der Waals surface area contributed by atoms with Gasteiger partial charge in [-0.2, -0.15) is 11.3 Å². The Bertz CT molecular complexity index is 783. The standard InChI is InChI=1S/C18H18N2O3S2/c1-22-14-6-3-5-13(17(14)23-2)19-18(21)20-16(12-8-10-24-11-12)15-7-4-9-25-15/h3-11,16H,1-2H3,(H2,19,20,21)/t16-/m1/s1. The fourth-order valence-corrected chi connectivity index (χ4v) is 3.98. The van der Waals surface area contributed by atoms with Gasteiger partial charge in [-0.1, -0.05) is 12.1 Å². The summed E-state index contributed by atoms with van der Waals surface area (Å²) in [7, 11) is 3.10. The topological polar surface area (TPSA) is 59.6 Å². The number of ether oxygens (including phenoxy) is 2. The minimum atomic E-state index is -0.309. The summed E-state index contributed by atoms with van der Waals surface area (Å²) in [4.78, 5) is 13.6. The van der Waals surface area contributed by atoms with Crippen molar-refractivity contribution in [3.63, 3.8) is 0 Å². The van der Waals surface area contributed by atoms with E-state index in [-0.39, 0.29) is 12.1 Å². The van der Waals surface area contributed by atoms with Gasteiger partial charge in [0.2, 0.25) is 0 Å². The number of urea groups is 1. The fraction of sp³-hybridized carbons (Fsp3) is 0.167. The van der Waals surface area contributed by atoms with Gasteiger partial charge < -0.3 is 20.1 Å². The van der Waals surface area contributed by atoms with Crippen LogP contribution < -0.4 is 20.1 Å². The zero-order valence-electron chi connectivity index (χ0n) is 13.8. The molecule has 2 aromatic heterocycles. The van der Waals surface area contributed by atoms with Gasteiger partial charge in [-0.15, -0.1) is 11.3 Å². The number of hydrogen-bond acceptors (Lipinski definition) is 5. The summed E-state index contributed by atoms with van der Waals surface area (Å²) in [5, 5.41) is 11.9. The molecule has 1 aromatic carbocycles. The Morgan fingerprint density at radius 3 is 2.60 bits per heavy atom. The van der Waals surface area contributed by atoms with Crippen LogP contribution in [0.25, 0.3) is 0 Å². The minimum absolute atomic E-state index is 0.192. The van der Waals surface area contributed by atoms with Gasteiger partial charge in [0.25, 0.3) is 0 Å². The summed E-state index contributed by atoms with van der Waals surface area (Å²) >= 11 is 3.21. The number of carbonyl (C=O) groups excluding carboxylic acids is 1. The summed E-state index contributed by atoms with van der Waals surface area (Å²) in [6.45, 7) is 0. The van der Waals surface area contributed by atoms with Crippen molar-refractivity contribution >= 4 is 34.4 Å². The molecule has 0 aliphatic heterocycles. The van der Waals surface area contributed by atoms with Crippen molar-refractivity contribution in [2.24, 2.45) is 0 Å². The highest BCUT2D eigenvalue weighted by atomic mass is 32.1. The van der Waals surface area contributed by atoms with Gasteiger partial charge in [0.15, 0.2) is 11.5 Å².